The molecule has 0 bridgehead atoms. The van der Waals surface area contributed by atoms with E-state index < -0.39 is 0 Å². The van der Waals surface area contributed by atoms with Crippen LogP contribution in [0, 0.1) is 0 Å². The quantitative estimate of drug-likeness (QED) is 0.854. The Morgan fingerprint density at radius 1 is 1.05 bits per heavy atom. The van der Waals surface area contributed by atoms with Crippen LogP contribution in [0.25, 0.3) is 0 Å². The van der Waals surface area contributed by atoms with E-state index in [1.807, 2.05) is 25.2 Å². The second-order valence-corrected chi connectivity index (χ2v) is 6.58. The molecular formula is C18H19Cl2NO. The van der Waals surface area contributed by atoms with E-state index in [9.17, 15) is 5.11 Å². The van der Waals surface area contributed by atoms with Crippen molar-refractivity contribution in [3.63, 3.8) is 0 Å². The van der Waals surface area contributed by atoms with Gasteiger partial charge in [-0.15, -0.1) is 0 Å². The van der Waals surface area contributed by atoms with Gasteiger partial charge in [0.2, 0.25) is 0 Å². The third-order valence-corrected chi connectivity index (χ3v) is 5.26. The Bertz CT molecular complexity index is 687. The fourth-order valence-electron chi connectivity index (χ4n) is 3.36. The number of benzene rings is 2. The summed E-state index contributed by atoms with van der Waals surface area (Å²) >= 11 is 12.2. The average Bonchev–Trinajstić information content (AvgIpc) is 2.55. The molecule has 22 heavy (non-hydrogen) atoms. The lowest BCUT2D eigenvalue weighted by atomic mass is 9.76. The summed E-state index contributed by atoms with van der Waals surface area (Å²) in [5.41, 5.74) is 4.73. The first-order valence-corrected chi connectivity index (χ1v) is 8.25. The Hall–Kier alpha value is -1.06. The molecule has 2 N–H and O–H groups in total. The van der Waals surface area contributed by atoms with Crippen molar-refractivity contribution in [2.24, 2.45) is 0 Å². The SMILES string of the molecule is CN[C@H]1CCC(c2ccc(Cl)c(Cl)c2)c2ccc(CO)cc21. The number of aliphatic hydroxyl groups is 1. The van der Waals surface area contributed by atoms with Gasteiger partial charge >= 0.3 is 0 Å². The highest BCUT2D eigenvalue weighted by molar-refractivity contribution is 6.42. The van der Waals surface area contributed by atoms with Gasteiger partial charge in [0.05, 0.1) is 16.7 Å². The van der Waals surface area contributed by atoms with Crippen LogP contribution in [-0.2, 0) is 6.61 Å². The zero-order valence-electron chi connectivity index (χ0n) is 12.4. The number of nitrogens with one attached hydrogen (secondary N) is 1. The van der Waals surface area contributed by atoms with E-state index in [0.29, 0.717) is 22.0 Å². The predicted molar refractivity (Wildman–Crippen MR) is 91.7 cm³/mol. The van der Waals surface area contributed by atoms with E-state index in [4.69, 9.17) is 23.2 Å². The van der Waals surface area contributed by atoms with E-state index in [-0.39, 0.29) is 6.61 Å². The molecule has 0 saturated heterocycles. The second kappa shape index (κ2) is 6.59. The lowest BCUT2D eigenvalue weighted by molar-refractivity contribution is 0.281. The van der Waals surface area contributed by atoms with Gasteiger partial charge in [-0.25, -0.2) is 0 Å². The maximum Gasteiger partial charge on any atom is 0.0681 e. The summed E-state index contributed by atoms with van der Waals surface area (Å²) in [4.78, 5) is 0. The van der Waals surface area contributed by atoms with E-state index in [0.717, 1.165) is 18.4 Å². The van der Waals surface area contributed by atoms with Crippen molar-refractivity contribution >= 4 is 23.2 Å². The summed E-state index contributed by atoms with van der Waals surface area (Å²) in [5.74, 6) is 0.321. The lowest BCUT2D eigenvalue weighted by Gasteiger charge is -2.32. The zero-order chi connectivity index (χ0) is 15.7. The summed E-state index contributed by atoms with van der Waals surface area (Å²) in [6, 6.07) is 12.5. The number of rotatable bonds is 3. The number of fused-ring (bicyclic) bond motifs is 1. The molecule has 0 amide bonds. The monoisotopic (exact) mass is 335 g/mol. The van der Waals surface area contributed by atoms with Crippen LogP contribution in [0.5, 0.6) is 0 Å². The topological polar surface area (TPSA) is 32.3 Å². The molecule has 0 spiro atoms. The first-order valence-electron chi connectivity index (χ1n) is 7.50. The molecule has 0 heterocycles. The van der Waals surface area contributed by atoms with Crippen LogP contribution in [0.1, 0.15) is 47.1 Å². The summed E-state index contributed by atoms with van der Waals surface area (Å²) in [7, 11) is 1.99. The van der Waals surface area contributed by atoms with Crippen LogP contribution >= 0.6 is 23.2 Å². The molecule has 0 saturated carbocycles. The summed E-state index contributed by atoms with van der Waals surface area (Å²) in [6.45, 7) is 0.0706. The number of aliphatic hydroxyl groups excluding tert-OH is 1. The Morgan fingerprint density at radius 2 is 1.86 bits per heavy atom. The summed E-state index contributed by atoms with van der Waals surface area (Å²) in [6.07, 6.45) is 2.12. The highest BCUT2D eigenvalue weighted by atomic mass is 35.5. The number of halogens is 2. The fraction of sp³-hybridized carbons (Fsp3) is 0.333. The van der Waals surface area contributed by atoms with Crippen LogP contribution < -0.4 is 5.32 Å². The molecule has 2 aromatic carbocycles. The van der Waals surface area contributed by atoms with E-state index in [1.54, 1.807) is 0 Å². The van der Waals surface area contributed by atoms with E-state index in [1.165, 1.54) is 16.7 Å². The van der Waals surface area contributed by atoms with Gasteiger partial charge in [0, 0.05) is 12.0 Å². The number of hydrogen-bond acceptors (Lipinski definition) is 2. The molecule has 2 atom stereocenters. The smallest absolute Gasteiger partial charge is 0.0681 e. The second-order valence-electron chi connectivity index (χ2n) is 5.77. The molecule has 1 aliphatic rings. The summed E-state index contributed by atoms with van der Waals surface area (Å²) < 4.78 is 0. The van der Waals surface area contributed by atoms with Gasteiger partial charge < -0.3 is 10.4 Å². The molecular weight excluding hydrogens is 317 g/mol. The molecule has 0 aromatic heterocycles. The normalized spacial score (nSPS) is 20.7. The molecule has 0 aliphatic heterocycles. The molecule has 1 unspecified atom stereocenters. The molecule has 116 valence electrons. The Balaban J connectivity index is 2.06. The van der Waals surface area contributed by atoms with Crippen molar-refractivity contribution in [1.82, 2.24) is 5.32 Å². The van der Waals surface area contributed by atoms with Gasteiger partial charge in [-0.1, -0.05) is 47.5 Å². The lowest BCUT2D eigenvalue weighted by Crippen LogP contribution is -2.24. The minimum absolute atomic E-state index is 0.0706. The van der Waals surface area contributed by atoms with Gasteiger partial charge in [-0.05, 0) is 54.3 Å². The fourth-order valence-corrected chi connectivity index (χ4v) is 3.67. The Kier molecular flexibility index (Phi) is 4.74. The molecule has 3 rings (SSSR count). The third kappa shape index (κ3) is 2.89. The Labute approximate surface area is 141 Å². The standard InChI is InChI=1S/C18H19Cl2NO/c1-21-18-7-5-13(12-3-6-16(19)17(20)9-12)14-4-2-11(10-22)8-15(14)18/h2-4,6,8-9,13,18,21-22H,5,7,10H2,1H3/t13?,18-/m0/s1. The van der Waals surface area contributed by atoms with Crippen LogP contribution in [-0.4, -0.2) is 12.2 Å². The van der Waals surface area contributed by atoms with Crippen LogP contribution in [0.3, 0.4) is 0 Å². The average molecular weight is 336 g/mol. The van der Waals surface area contributed by atoms with Crippen molar-refractivity contribution < 1.29 is 5.11 Å². The largest absolute Gasteiger partial charge is 0.392 e. The molecule has 4 heteroatoms. The van der Waals surface area contributed by atoms with Crippen molar-refractivity contribution in [2.45, 2.75) is 31.4 Å². The molecule has 0 fully saturated rings. The maximum atomic E-state index is 9.40. The predicted octanol–water partition coefficient (Wildman–Crippen LogP) is 4.67. The van der Waals surface area contributed by atoms with Gasteiger partial charge in [0.25, 0.3) is 0 Å². The minimum atomic E-state index is 0.0706. The van der Waals surface area contributed by atoms with Crippen molar-refractivity contribution in [3.8, 4) is 0 Å². The van der Waals surface area contributed by atoms with Gasteiger partial charge in [-0.2, -0.15) is 0 Å². The van der Waals surface area contributed by atoms with Gasteiger partial charge in [0.15, 0.2) is 0 Å². The highest BCUT2D eigenvalue weighted by Gasteiger charge is 2.27. The van der Waals surface area contributed by atoms with Crippen LogP contribution in [0.4, 0.5) is 0 Å². The maximum absolute atomic E-state index is 9.40. The first-order chi connectivity index (χ1) is 10.6. The van der Waals surface area contributed by atoms with E-state index >= 15 is 0 Å². The van der Waals surface area contributed by atoms with Gasteiger partial charge in [0.1, 0.15) is 0 Å². The van der Waals surface area contributed by atoms with Crippen LogP contribution in [0.2, 0.25) is 10.0 Å². The number of hydrogen-bond donors (Lipinski definition) is 2. The first kappa shape index (κ1) is 15.8. The molecule has 0 radical (unpaired) electrons. The van der Waals surface area contributed by atoms with Gasteiger partial charge in [-0.3, -0.25) is 0 Å². The zero-order valence-corrected chi connectivity index (χ0v) is 14.0. The van der Waals surface area contributed by atoms with Crippen molar-refractivity contribution in [1.29, 1.82) is 0 Å². The molecule has 2 nitrogen and oxygen atoms in total. The molecule has 1 aliphatic carbocycles. The Morgan fingerprint density at radius 3 is 2.55 bits per heavy atom. The molecule has 2 aromatic rings. The highest BCUT2D eigenvalue weighted by Crippen LogP contribution is 2.42. The van der Waals surface area contributed by atoms with Crippen molar-refractivity contribution in [2.75, 3.05) is 7.05 Å². The van der Waals surface area contributed by atoms with E-state index in [2.05, 4.69) is 23.5 Å². The van der Waals surface area contributed by atoms with Crippen LogP contribution in [0.15, 0.2) is 36.4 Å². The third-order valence-electron chi connectivity index (χ3n) is 4.52. The van der Waals surface area contributed by atoms with Crippen molar-refractivity contribution in [3.05, 3.63) is 68.7 Å². The minimum Gasteiger partial charge on any atom is -0.392 e. The summed E-state index contributed by atoms with van der Waals surface area (Å²) in [5, 5.41) is 14.0.